The number of rotatable bonds is 6. The van der Waals surface area contributed by atoms with Crippen molar-refractivity contribution in [3.63, 3.8) is 0 Å². The van der Waals surface area contributed by atoms with Crippen molar-refractivity contribution >= 4 is 33.6 Å². The lowest BCUT2D eigenvalue weighted by Gasteiger charge is -2.11. The molecule has 0 saturated heterocycles. The van der Waals surface area contributed by atoms with E-state index in [9.17, 15) is 0 Å². The molecule has 3 rings (SSSR count). The standard InChI is InChI=1S/C21H19ClN2O/c1-23-24-21(22)12-11-17-13-18-9-5-6-10-19(18)20(14-17)25-15-16-7-3-2-4-8-16/h2-14,23H,15H2,1H3/b12-11+,24-21+. The number of hydrogen-bond donors (Lipinski definition) is 1. The normalized spacial score (nSPS) is 11.8. The lowest BCUT2D eigenvalue weighted by Crippen LogP contribution is -1.97. The Morgan fingerprint density at radius 3 is 2.64 bits per heavy atom. The Morgan fingerprint density at radius 1 is 1.08 bits per heavy atom. The number of nitrogens with one attached hydrogen (secondary N) is 1. The Morgan fingerprint density at radius 2 is 1.84 bits per heavy atom. The third kappa shape index (κ3) is 4.61. The van der Waals surface area contributed by atoms with Gasteiger partial charge in [0.1, 0.15) is 17.5 Å². The van der Waals surface area contributed by atoms with Crippen LogP contribution in [0.1, 0.15) is 11.1 Å². The number of fused-ring (bicyclic) bond motifs is 1. The number of halogens is 1. The van der Waals surface area contributed by atoms with Crippen molar-refractivity contribution in [3.8, 4) is 5.75 Å². The molecule has 0 heterocycles. The monoisotopic (exact) mass is 350 g/mol. The number of hydrogen-bond acceptors (Lipinski definition) is 3. The van der Waals surface area contributed by atoms with Gasteiger partial charge in [-0.05, 0) is 34.7 Å². The second-order valence-electron chi connectivity index (χ2n) is 5.51. The molecule has 126 valence electrons. The average Bonchev–Trinajstić information content (AvgIpc) is 2.65. The highest BCUT2D eigenvalue weighted by molar-refractivity contribution is 6.68. The van der Waals surface area contributed by atoms with Crippen LogP contribution in [0.2, 0.25) is 0 Å². The molecule has 0 bridgehead atoms. The van der Waals surface area contributed by atoms with E-state index in [1.807, 2.05) is 42.5 Å². The summed E-state index contributed by atoms with van der Waals surface area (Å²) in [5.41, 5.74) is 4.80. The van der Waals surface area contributed by atoms with Crippen LogP contribution in [-0.4, -0.2) is 12.2 Å². The van der Waals surface area contributed by atoms with Gasteiger partial charge >= 0.3 is 0 Å². The first-order valence-electron chi connectivity index (χ1n) is 8.04. The molecule has 25 heavy (non-hydrogen) atoms. The summed E-state index contributed by atoms with van der Waals surface area (Å²) >= 11 is 6.00. The van der Waals surface area contributed by atoms with Gasteiger partial charge in [-0.25, -0.2) is 0 Å². The summed E-state index contributed by atoms with van der Waals surface area (Å²) < 4.78 is 6.09. The summed E-state index contributed by atoms with van der Waals surface area (Å²) in [5, 5.41) is 6.51. The van der Waals surface area contributed by atoms with E-state index in [-0.39, 0.29) is 0 Å². The highest BCUT2D eigenvalue weighted by Crippen LogP contribution is 2.29. The fourth-order valence-electron chi connectivity index (χ4n) is 2.56. The SMILES string of the molecule is CN/N=C(Cl)\C=C\c1cc(OCc2ccccc2)c2ccccc2c1. The van der Waals surface area contributed by atoms with Crippen LogP contribution in [0, 0.1) is 0 Å². The Kier molecular flexibility index (Phi) is 5.70. The van der Waals surface area contributed by atoms with Gasteiger partial charge in [-0.3, -0.25) is 0 Å². The smallest absolute Gasteiger partial charge is 0.148 e. The van der Waals surface area contributed by atoms with Crippen molar-refractivity contribution < 1.29 is 4.74 Å². The molecule has 4 heteroatoms. The predicted molar refractivity (Wildman–Crippen MR) is 106 cm³/mol. The van der Waals surface area contributed by atoms with E-state index < -0.39 is 0 Å². The molecule has 3 aromatic carbocycles. The summed E-state index contributed by atoms with van der Waals surface area (Å²) in [7, 11) is 1.71. The van der Waals surface area contributed by atoms with E-state index in [4.69, 9.17) is 16.3 Å². The number of hydrazone groups is 1. The molecule has 3 aromatic rings. The van der Waals surface area contributed by atoms with Crippen molar-refractivity contribution in [1.82, 2.24) is 5.43 Å². The van der Waals surface area contributed by atoms with Gasteiger partial charge in [0.05, 0.1) is 0 Å². The minimum Gasteiger partial charge on any atom is -0.488 e. The summed E-state index contributed by atoms with van der Waals surface area (Å²) in [5.74, 6) is 0.850. The molecular weight excluding hydrogens is 332 g/mol. The average molecular weight is 351 g/mol. The van der Waals surface area contributed by atoms with Crippen molar-refractivity contribution in [3.05, 3.63) is 83.9 Å². The van der Waals surface area contributed by atoms with Crippen molar-refractivity contribution in [1.29, 1.82) is 0 Å². The van der Waals surface area contributed by atoms with Gasteiger partial charge in [0.15, 0.2) is 0 Å². The highest BCUT2D eigenvalue weighted by Gasteiger charge is 2.05. The Hall–Kier alpha value is -2.78. The van der Waals surface area contributed by atoms with E-state index >= 15 is 0 Å². The molecule has 0 aromatic heterocycles. The van der Waals surface area contributed by atoms with Crippen LogP contribution < -0.4 is 10.2 Å². The molecule has 0 fully saturated rings. The van der Waals surface area contributed by atoms with Crippen molar-refractivity contribution in [2.45, 2.75) is 6.61 Å². The topological polar surface area (TPSA) is 33.6 Å². The number of ether oxygens (including phenoxy) is 1. The zero-order chi connectivity index (χ0) is 17.5. The van der Waals surface area contributed by atoms with Gasteiger partial charge in [-0.2, -0.15) is 5.10 Å². The molecule has 0 atom stereocenters. The third-order valence-electron chi connectivity index (χ3n) is 3.72. The van der Waals surface area contributed by atoms with Gasteiger partial charge < -0.3 is 10.2 Å². The van der Waals surface area contributed by atoms with E-state index in [1.165, 1.54) is 0 Å². The van der Waals surface area contributed by atoms with Crippen LogP contribution in [0.15, 0.2) is 77.9 Å². The molecule has 1 N–H and O–H groups in total. The fourth-order valence-corrected chi connectivity index (χ4v) is 2.71. The van der Waals surface area contributed by atoms with E-state index in [1.54, 1.807) is 13.1 Å². The lowest BCUT2D eigenvalue weighted by atomic mass is 10.1. The molecule has 0 aliphatic carbocycles. The third-order valence-corrected chi connectivity index (χ3v) is 3.93. The fraction of sp³-hybridized carbons (Fsp3) is 0.0952. The van der Waals surface area contributed by atoms with Gasteiger partial charge in [0.25, 0.3) is 0 Å². The second-order valence-corrected chi connectivity index (χ2v) is 5.89. The summed E-state index contributed by atoms with van der Waals surface area (Å²) in [4.78, 5) is 0. The van der Waals surface area contributed by atoms with Crippen LogP contribution in [-0.2, 0) is 6.61 Å². The van der Waals surface area contributed by atoms with Gasteiger partial charge in [-0.1, -0.05) is 72.3 Å². The van der Waals surface area contributed by atoms with Crippen LogP contribution in [0.25, 0.3) is 16.8 Å². The summed E-state index contributed by atoms with van der Waals surface area (Å²) in [6.07, 6.45) is 3.67. The van der Waals surface area contributed by atoms with Gasteiger partial charge in [0, 0.05) is 12.4 Å². The van der Waals surface area contributed by atoms with E-state index in [2.05, 4.69) is 40.9 Å². The summed E-state index contributed by atoms with van der Waals surface area (Å²) in [6.45, 7) is 0.528. The van der Waals surface area contributed by atoms with Gasteiger partial charge in [0.2, 0.25) is 0 Å². The van der Waals surface area contributed by atoms with Crippen LogP contribution >= 0.6 is 11.6 Å². The van der Waals surface area contributed by atoms with Crippen LogP contribution in [0.5, 0.6) is 5.75 Å². The maximum absolute atomic E-state index is 6.09. The first-order chi connectivity index (χ1) is 12.3. The summed E-state index contributed by atoms with van der Waals surface area (Å²) in [6, 6.07) is 22.4. The minimum atomic E-state index is 0.391. The maximum atomic E-state index is 6.09. The highest BCUT2D eigenvalue weighted by atomic mass is 35.5. The van der Waals surface area contributed by atoms with Crippen molar-refractivity contribution in [2.24, 2.45) is 5.10 Å². The first kappa shape index (κ1) is 17.1. The Labute approximate surface area is 152 Å². The number of allylic oxidation sites excluding steroid dienone is 1. The molecule has 0 spiro atoms. The maximum Gasteiger partial charge on any atom is 0.148 e. The molecular formula is C21H19ClN2O. The zero-order valence-electron chi connectivity index (χ0n) is 13.9. The van der Waals surface area contributed by atoms with Crippen LogP contribution in [0.3, 0.4) is 0 Å². The number of benzene rings is 3. The zero-order valence-corrected chi connectivity index (χ0v) is 14.7. The number of nitrogens with zero attached hydrogens (tertiary/aromatic N) is 1. The van der Waals surface area contributed by atoms with E-state index in [0.29, 0.717) is 11.8 Å². The molecule has 0 aliphatic rings. The quantitative estimate of drug-likeness (QED) is 0.489. The molecule has 0 amide bonds. The second kappa shape index (κ2) is 8.36. The Bertz CT molecular complexity index is 904. The minimum absolute atomic E-state index is 0.391. The van der Waals surface area contributed by atoms with Gasteiger partial charge in [-0.15, -0.1) is 0 Å². The van der Waals surface area contributed by atoms with Crippen LogP contribution in [0.4, 0.5) is 0 Å². The molecule has 3 nitrogen and oxygen atoms in total. The molecule has 0 radical (unpaired) electrons. The van der Waals surface area contributed by atoms with E-state index in [0.717, 1.165) is 27.6 Å². The first-order valence-corrected chi connectivity index (χ1v) is 8.41. The largest absolute Gasteiger partial charge is 0.488 e. The molecule has 0 saturated carbocycles. The van der Waals surface area contributed by atoms with Crippen molar-refractivity contribution in [2.75, 3.05) is 7.05 Å². The Balaban J connectivity index is 1.91. The lowest BCUT2D eigenvalue weighted by molar-refractivity contribution is 0.310. The molecule has 0 aliphatic heterocycles. The molecule has 0 unspecified atom stereocenters. The predicted octanol–water partition coefficient (Wildman–Crippen LogP) is 5.20.